The van der Waals surface area contributed by atoms with Crippen LogP contribution in [0.2, 0.25) is 0 Å². The van der Waals surface area contributed by atoms with Gasteiger partial charge in [-0.05, 0) is 38.6 Å². The molecule has 3 rings (SSSR count). The summed E-state index contributed by atoms with van der Waals surface area (Å²) in [6.07, 6.45) is 5.63. The Labute approximate surface area is 103 Å². The zero-order valence-corrected chi connectivity index (χ0v) is 10.5. The number of nitriles is 1. The average molecular weight is 235 g/mol. The summed E-state index contributed by atoms with van der Waals surface area (Å²) in [5.41, 5.74) is -0.323. The van der Waals surface area contributed by atoms with Crippen LogP contribution in [0.3, 0.4) is 0 Å². The summed E-state index contributed by atoms with van der Waals surface area (Å²) in [5.74, 6) is 0.554. The first kappa shape index (κ1) is 11.5. The minimum Gasteiger partial charge on any atom is -0.372 e. The first-order valence-electron chi connectivity index (χ1n) is 6.74. The van der Waals surface area contributed by atoms with E-state index in [0.717, 1.165) is 19.6 Å². The highest BCUT2D eigenvalue weighted by atomic mass is 16.5. The summed E-state index contributed by atoms with van der Waals surface area (Å²) in [4.78, 5) is 2.43. The molecule has 1 aliphatic carbocycles. The molecule has 2 saturated heterocycles. The third-order valence-corrected chi connectivity index (χ3v) is 4.51. The first-order chi connectivity index (χ1) is 8.25. The summed E-state index contributed by atoms with van der Waals surface area (Å²) in [7, 11) is 1.93. The molecule has 0 aromatic heterocycles. The van der Waals surface area contributed by atoms with Gasteiger partial charge in [-0.1, -0.05) is 0 Å². The lowest BCUT2D eigenvalue weighted by molar-refractivity contribution is -0.0440. The molecular formula is C13H21N3O. The standard InChI is InChI=1S/C13H21N3O/c1-15-13(8-14,10-2-3-10)9-16-6-11-4-5-12(7-16)17-11/h10-12,15H,2-7,9H2,1H3. The lowest BCUT2D eigenvalue weighted by Crippen LogP contribution is -2.56. The normalized spacial score (nSPS) is 36.5. The minimum atomic E-state index is -0.323. The van der Waals surface area contributed by atoms with Crippen molar-refractivity contribution in [2.45, 2.75) is 43.4 Å². The summed E-state index contributed by atoms with van der Waals surface area (Å²) < 4.78 is 5.84. The van der Waals surface area contributed by atoms with E-state index in [-0.39, 0.29) is 5.54 Å². The second kappa shape index (κ2) is 4.24. The van der Waals surface area contributed by atoms with Crippen LogP contribution in [0.25, 0.3) is 0 Å². The van der Waals surface area contributed by atoms with Crippen molar-refractivity contribution in [3.05, 3.63) is 0 Å². The number of fused-ring (bicyclic) bond motifs is 2. The maximum absolute atomic E-state index is 9.49. The fourth-order valence-corrected chi connectivity index (χ4v) is 3.35. The number of nitrogens with one attached hydrogen (secondary N) is 1. The highest BCUT2D eigenvalue weighted by Gasteiger charge is 2.47. The van der Waals surface area contributed by atoms with Gasteiger partial charge in [-0.15, -0.1) is 0 Å². The van der Waals surface area contributed by atoms with Gasteiger partial charge >= 0.3 is 0 Å². The molecule has 0 aromatic carbocycles. The molecule has 2 bridgehead atoms. The topological polar surface area (TPSA) is 48.3 Å². The molecule has 0 spiro atoms. The van der Waals surface area contributed by atoms with E-state index in [1.165, 1.54) is 25.7 Å². The van der Waals surface area contributed by atoms with Crippen LogP contribution in [0.15, 0.2) is 0 Å². The first-order valence-corrected chi connectivity index (χ1v) is 6.74. The van der Waals surface area contributed by atoms with Crippen LogP contribution >= 0.6 is 0 Å². The SMILES string of the molecule is CNC(C#N)(CN1CC2CCC(C1)O2)C1CC1. The predicted octanol–water partition coefficient (Wildman–Crippen LogP) is 0.741. The zero-order valence-electron chi connectivity index (χ0n) is 10.5. The van der Waals surface area contributed by atoms with Crippen LogP contribution in [0.1, 0.15) is 25.7 Å². The van der Waals surface area contributed by atoms with Crippen LogP contribution < -0.4 is 5.32 Å². The third kappa shape index (κ3) is 2.08. The number of likely N-dealkylation sites (tertiary alicyclic amines) is 1. The van der Waals surface area contributed by atoms with E-state index in [2.05, 4.69) is 16.3 Å². The van der Waals surface area contributed by atoms with Crippen molar-refractivity contribution in [1.82, 2.24) is 10.2 Å². The van der Waals surface area contributed by atoms with Crippen LogP contribution in [-0.2, 0) is 4.74 Å². The lowest BCUT2D eigenvalue weighted by Gasteiger charge is -2.38. The van der Waals surface area contributed by atoms with E-state index < -0.39 is 0 Å². The Hall–Kier alpha value is -0.630. The summed E-state index contributed by atoms with van der Waals surface area (Å²) in [6.45, 7) is 2.88. The highest BCUT2D eigenvalue weighted by Crippen LogP contribution is 2.40. The predicted molar refractivity (Wildman–Crippen MR) is 64.5 cm³/mol. The van der Waals surface area contributed by atoms with Crippen molar-refractivity contribution in [3.8, 4) is 6.07 Å². The second-order valence-corrected chi connectivity index (χ2v) is 5.76. The number of hydrogen-bond donors (Lipinski definition) is 1. The zero-order chi connectivity index (χ0) is 11.9. The fourth-order valence-electron chi connectivity index (χ4n) is 3.35. The van der Waals surface area contributed by atoms with Gasteiger partial charge in [0.1, 0.15) is 5.54 Å². The Morgan fingerprint density at radius 2 is 1.94 bits per heavy atom. The summed E-state index contributed by atoms with van der Waals surface area (Å²) in [6, 6.07) is 2.53. The van der Waals surface area contributed by atoms with Gasteiger partial charge in [0.2, 0.25) is 0 Å². The Morgan fingerprint density at radius 3 is 2.41 bits per heavy atom. The van der Waals surface area contributed by atoms with Gasteiger partial charge in [0, 0.05) is 19.6 Å². The van der Waals surface area contributed by atoms with Crippen molar-refractivity contribution in [3.63, 3.8) is 0 Å². The smallest absolute Gasteiger partial charge is 0.122 e. The van der Waals surface area contributed by atoms with Gasteiger partial charge in [0.15, 0.2) is 0 Å². The molecular weight excluding hydrogens is 214 g/mol. The van der Waals surface area contributed by atoms with Crippen LogP contribution in [0.5, 0.6) is 0 Å². The van der Waals surface area contributed by atoms with E-state index in [1.54, 1.807) is 0 Å². The molecule has 3 unspecified atom stereocenters. The van der Waals surface area contributed by atoms with E-state index in [0.29, 0.717) is 18.1 Å². The maximum Gasteiger partial charge on any atom is 0.122 e. The minimum absolute atomic E-state index is 0.323. The molecule has 2 aliphatic heterocycles. The molecule has 2 heterocycles. The number of rotatable bonds is 4. The van der Waals surface area contributed by atoms with Gasteiger partial charge < -0.3 is 10.1 Å². The number of hydrogen-bond acceptors (Lipinski definition) is 4. The number of ether oxygens (including phenoxy) is 1. The van der Waals surface area contributed by atoms with Crippen molar-refractivity contribution >= 4 is 0 Å². The quantitative estimate of drug-likeness (QED) is 0.781. The molecule has 3 fully saturated rings. The average Bonchev–Trinajstić information content (AvgIpc) is 3.14. The highest BCUT2D eigenvalue weighted by molar-refractivity contribution is 5.16. The van der Waals surface area contributed by atoms with Crippen molar-refractivity contribution in [1.29, 1.82) is 5.26 Å². The van der Waals surface area contributed by atoms with Crippen molar-refractivity contribution in [2.24, 2.45) is 5.92 Å². The number of nitrogens with zero attached hydrogens (tertiary/aromatic N) is 2. The van der Waals surface area contributed by atoms with E-state index >= 15 is 0 Å². The van der Waals surface area contributed by atoms with Crippen LogP contribution in [0.4, 0.5) is 0 Å². The Balaban J connectivity index is 1.67. The van der Waals surface area contributed by atoms with E-state index in [9.17, 15) is 5.26 Å². The number of morpholine rings is 1. The molecule has 1 N–H and O–H groups in total. The van der Waals surface area contributed by atoms with Gasteiger partial charge in [0.05, 0.1) is 18.3 Å². The molecule has 17 heavy (non-hydrogen) atoms. The van der Waals surface area contributed by atoms with Gasteiger partial charge in [0.25, 0.3) is 0 Å². The molecule has 94 valence electrons. The second-order valence-electron chi connectivity index (χ2n) is 5.76. The van der Waals surface area contributed by atoms with Crippen LogP contribution in [0, 0.1) is 17.2 Å². The van der Waals surface area contributed by atoms with Crippen molar-refractivity contribution < 1.29 is 4.74 Å². The fraction of sp³-hybridized carbons (Fsp3) is 0.923. The van der Waals surface area contributed by atoms with Gasteiger partial charge in [-0.2, -0.15) is 5.26 Å². The lowest BCUT2D eigenvalue weighted by atomic mass is 9.94. The van der Waals surface area contributed by atoms with Gasteiger partial charge in [-0.25, -0.2) is 0 Å². The Kier molecular flexibility index (Phi) is 2.86. The molecule has 1 saturated carbocycles. The molecule has 0 amide bonds. The Morgan fingerprint density at radius 1 is 1.29 bits per heavy atom. The molecule has 4 nitrogen and oxygen atoms in total. The largest absolute Gasteiger partial charge is 0.372 e. The van der Waals surface area contributed by atoms with Gasteiger partial charge in [-0.3, -0.25) is 4.90 Å². The summed E-state index contributed by atoms with van der Waals surface area (Å²) in [5, 5.41) is 12.8. The maximum atomic E-state index is 9.49. The molecule has 3 atom stereocenters. The third-order valence-electron chi connectivity index (χ3n) is 4.51. The van der Waals surface area contributed by atoms with Crippen LogP contribution in [-0.4, -0.2) is 49.3 Å². The molecule has 0 radical (unpaired) electrons. The number of likely N-dealkylation sites (N-methyl/N-ethyl adjacent to an activating group) is 1. The van der Waals surface area contributed by atoms with E-state index in [4.69, 9.17) is 4.74 Å². The molecule has 3 aliphatic rings. The summed E-state index contributed by atoms with van der Waals surface area (Å²) >= 11 is 0. The Bertz CT molecular complexity index is 324. The molecule has 4 heteroatoms. The monoisotopic (exact) mass is 235 g/mol. The van der Waals surface area contributed by atoms with Crippen molar-refractivity contribution in [2.75, 3.05) is 26.7 Å². The van der Waals surface area contributed by atoms with E-state index in [1.807, 2.05) is 7.05 Å². The molecule has 0 aromatic rings.